The molecule has 1 aliphatic rings. The fraction of sp³-hybridized carbons (Fsp3) is 0.571. The van der Waals surface area contributed by atoms with Gasteiger partial charge in [-0.25, -0.2) is 0 Å². The van der Waals surface area contributed by atoms with Gasteiger partial charge in [0.05, 0.1) is 6.54 Å². The minimum atomic E-state index is -4.12. The van der Waals surface area contributed by atoms with Gasteiger partial charge in [-0.15, -0.1) is 0 Å². The SMILES string of the molecule is C[C@H](N)c1ccccc1N1CCN(CC(F)(F)F)CC1. The molecule has 1 atom stereocenters. The van der Waals surface area contributed by atoms with E-state index in [2.05, 4.69) is 4.90 Å². The van der Waals surface area contributed by atoms with Crippen molar-refractivity contribution in [3.05, 3.63) is 29.8 Å². The molecule has 1 aliphatic heterocycles. The summed E-state index contributed by atoms with van der Waals surface area (Å²) in [5.41, 5.74) is 8.02. The first kappa shape index (κ1) is 15.1. The molecule has 0 unspecified atom stereocenters. The van der Waals surface area contributed by atoms with Gasteiger partial charge >= 0.3 is 6.18 Å². The van der Waals surface area contributed by atoms with Crippen molar-refractivity contribution in [3.8, 4) is 0 Å². The molecule has 0 radical (unpaired) electrons. The van der Waals surface area contributed by atoms with Crippen LogP contribution in [-0.2, 0) is 0 Å². The van der Waals surface area contributed by atoms with Crippen LogP contribution in [0.5, 0.6) is 0 Å². The van der Waals surface area contributed by atoms with E-state index < -0.39 is 12.7 Å². The molecule has 112 valence electrons. The average Bonchev–Trinajstić information content (AvgIpc) is 2.38. The summed E-state index contributed by atoms with van der Waals surface area (Å²) in [5.74, 6) is 0. The molecule has 0 spiro atoms. The summed E-state index contributed by atoms with van der Waals surface area (Å²) in [6.45, 7) is 3.13. The Morgan fingerprint density at radius 3 is 2.30 bits per heavy atom. The first-order chi connectivity index (χ1) is 9.37. The second-order valence-electron chi connectivity index (χ2n) is 5.23. The fourth-order valence-electron chi connectivity index (χ4n) is 2.56. The maximum Gasteiger partial charge on any atom is 0.401 e. The number of nitrogens with zero attached hydrogens (tertiary/aromatic N) is 2. The molecule has 1 saturated heterocycles. The second kappa shape index (κ2) is 6.01. The monoisotopic (exact) mass is 287 g/mol. The number of alkyl halides is 3. The normalized spacial score (nSPS) is 19.1. The van der Waals surface area contributed by atoms with Crippen LogP contribution in [0.1, 0.15) is 18.5 Å². The van der Waals surface area contributed by atoms with Crippen molar-refractivity contribution in [1.29, 1.82) is 0 Å². The van der Waals surface area contributed by atoms with Gasteiger partial charge in [-0.2, -0.15) is 13.2 Å². The lowest BCUT2D eigenvalue weighted by atomic mass is 10.1. The maximum absolute atomic E-state index is 12.4. The molecule has 0 aliphatic carbocycles. The first-order valence-corrected chi connectivity index (χ1v) is 6.75. The molecule has 1 aromatic rings. The maximum atomic E-state index is 12.4. The summed E-state index contributed by atoms with van der Waals surface area (Å²) in [5, 5.41) is 0. The standard InChI is InChI=1S/C14H20F3N3/c1-11(18)12-4-2-3-5-13(12)20-8-6-19(7-9-20)10-14(15,16)17/h2-5,11H,6-10,18H2,1H3/t11-/m0/s1. The van der Waals surface area contributed by atoms with Gasteiger partial charge in [0.25, 0.3) is 0 Å². The predicted octanol–water partition coefficient (Wildman–Crippen LogP) is 2.39. The van der Waals surface area contributed by atoms with E-state index in [9.17, 15) is 13.2 Å². The van der Waals surface area contributed by atoms with Gasteiger partial charge in [0, 0.05) is 37.9 Å². The van der Waals surface area contributed by atoms with Gasteiger partial charge in [0.2, 0.25) is 0 Å². The Bertz CT molecular complexity index is 438. The highest BCUT2D eigenvalue weighted by Gasteiger charge is 2.32. The molecule has 6 heteroatoms. The third-order valence-corrected chi connectivity index (χ3v) is 3.54. The predicted molar refractivity (Wildman–Crippen MR) is 73.8 cm³/mol. The lowest BCUT2D eigenvalue weighted by Crippen LogP contribution is -2.49. The van der Waals surface area contributed by atoms with E-state index in [1.807, 2.05) is 31.2 Å². The van der Waals surface area contributed by atoms with E-state index in [4.69, 9.17) is 5.73 Å². The van der Waals surface area contributed by atoms with Gasteiger partial charge in [-0.1, -0.05) is 18.2 Å². The number of nitrogens with two attached hydrogens (primary N) is 1. The highest BCUT2D eigenvalue weighted by atomic mass is 19.4. The molecule has 0 aromatic heterocycles. The Labute approximate surface area is 117 Å². The number of para-hydroxylation sites is 1. The third kappa shape index (κ3) is 3.86. The molecule has 0 saturated carbocycles. The van der Waals surface area contributed by atoms with E-state index in [-0.39, 0.29) is 6.04 Å². The van der Waals surface area contributed by atoms with E-state index >= 15 is 0 Å². The zero-order valence-electron chi connectivity index (χ0n) is 11.5. The Morgan fingerprint density at radius 2 is 1.75 bits per heavy atom. The van der Waals surface area contributed by atoms with Crippen molar-refractivity contribution in [2.24, 2.45) is 5.73 Å². The molecule has 2 rings (SSSR count). The van der Waals surface area contributed by atoms with Crippen molar-refractivity contribution >= 4 is 5.69 Å². The lowest BCUT2D eigenvalue weighted by molar-refractivity contribution is -0.146. The second-order valence-corrected chi connectivity index (χ2v) is 5.23. The lowest BCUT2D eigenvalue weighted by Gasteiger charge is -2.37. The smallest absolute Gasteiger partial charge is 0.369 e. The molecule has 1 aromatic carbocycles. The highest BCUT2D eigenvalue weighted by Crippen LogP contribution is 2.26. The summed E-state index contributed by atoms with van der Waals surface area (Å²) < 4.78 is 37.1. The van der Waals surface area contributed by atoms with E-state index in [1.165, 1.54) is 4.90 Å². The van der Waals surface area contributed by atoms with Crippen LogP contribution in [0.4, 0.5) is 18.9 Å². The Hall–Kier alpha value is -1.27. The molecule has 2 N–H and O–H groups in total. The van der Waals surface area contributed by atoms with Gasteiger partial charge in [-0.05, 0) is 18.6 Å². The van der Waals surface area contributed by atoms with Crippen molar-refractivity contribution in [1.82, 2.24) is 4.90 Å². The molecule has 1 heterocycles. The van der Waals surface area contributed by atoms with E-state index in [0.29, 0.717) is 26.2 Å². The van der Waals surface area contributed by atoms with Gasteiger partial charge in [0.1, 0.15) is 0 Å². The fourth-order valence-corrected chi connectivity index (χ4v) is 2.56. The van der Waals surface area contributed by atoms with E-state index in [1.54, 1.807) is 0 Å². The zero-order chi connectivity index (χ0) is 14.8. The summed E-state index contributed by atoms with van der Waals surface area (Å²) in [7, 11) is 0. The third-order valence-electron chi connectivity index (χ3n) is 3.54. The van der Waals surface area contributed by atoms with Crippen molar-refractivity contribution in [2.75, 3.05) is 37.6 Å². The zero-order valence-corrected chi connectivity index (χ0v) is 11.5. The summed E-state index contributed by atoms with van der Waals surface area (Å²) in [6.07, 6.45) is -4.12. The summed E-state index contributed by atoms with van der Waals surface area (Å²) >= 11 is 0. The molecular formula is C14H20F3N3. The number of benzene rings is 1. The number of hydrogen-bond donors (Lipinski definition) is 1. The minimum absolute atomic E-state index is 0.0839. The van der Waals surface area contributed by atoms with Crippen molar-refractivity contribution < 1.29 is 13.2 Å². The molecule has 3 nitrogen and oxygen atoms in total. The van der Waals surface area contributed by atoms with Gasteiger partial charge in [0.15, 0.2) is 0 Å². The topological polar surface area (TPSA) is 32.5 Å². The van der Waals surface area contributed by atoms with Crippen LogP contribution in [0.3, 0.4) is 0 Å². The van der Waals surface area contributed by atoms with Crippen LogP contribution < -0.4 is 10.6 Å². The average molecular weight is 287 g/mol. The highest BCUT2D eigenvalue weighted by molar-refractivity contribution is 5.55. The van der Waals surface area contributed by atoms with Crippen LogP contribution in [-0.4, -0.2) is 43.8 Å². The molecular weight excluding hydrogens is 267 g/mol. The van der Waals surface area contributed by atoms with Crippen LogP contribution in [0, 0.1) is 0 Å². The Balaban J connectivity index is 2.01. The van der Waals surface area contributed by atoms with Crippen LogP contribution in [0.25, 0.3) is 0 Å². The Morgan fingerprint density at radius 1 is 1.15 bits per heavy atom. The molecule has 0 bridgehead atoms. The molecule has 0 amide bonds. The minimum Gasteiger partial charge on any atom is -0.369 e. The summed E-state index contributed by atoms with van der Waals surface area (Å²) in [4.78, 5) is 3.57. The number of halogens is 3. The molecule has 20 heavy (non-hydrogen) atoms. The largest absolute Gasteiger partial charge is 0.401 e. The number of hydrogen-bond acceptors (Lipinski definition) is 3. The first-order valence-electron chi connectivity index (χ1n) is 6.75. The number of piperazine rings is 1. The summed E-state index contributed by atoms with van der Waals surface area (Å²) in [6, 6.07) is 7.74. The van der Waals surface area contributed by atoms with Gasteiger partial charge < -0.3 is 10.6 Å². The number of anilines is 1. The Kier molecular flexibility index (Phi) is 4.55. The van der Waals surface area contributed by atoms with Crippen molar-refractivity contribution in [2.45, 2.75) is 19.1 Å². The van der Waals surface area contributed by atoms with Crippen LogP contribution in [0.2, 0.25) is 0 Å². The van der Waals surface area contributed by atoms with Crippen LogP contribution in [0.15, 0.2) is 24.3 Å². The van der Waals surface area contributed by atoms with Crippen LogP contribution >= 0.6 is 0 Å². The number of rotatable bonds is 3. The van der Waals surface area contributed by atoms with Crippen molar-refractivity contribution in [3.63, 3.8) is 0 Å². The van der Waals surface area contributed by atoms with Gasteiger partial charge in [-0.3, -0.25) is 4.90 Å². The van der Waals surface area contributed by atoms with E-state index in [0.717, 1.165) is 11.3 Å². The quantitative estimate of drug-likeness (QED) is 0.926. The molecule has 1 fully saturated rings.